The monoisotopic (exact) mass is 433 g/mol. The molecule has 0 N–H and O–H groups in total. The van der Waals surface area contributed by atoms with Gasteiger partial charge in [0.05, 0.1) is 35.5 Å². The lowest BCUT2D eigenvalue weighted by atomic mass is 10.2. The van der Waals surface area contributed by atoms with Crippen molar-refractivity contribution < 1.29 is 14.3 Å². The Bertz CT molecular complexity index is 1090. The lowest BCUT2D eigenvalue weighted by molar-refractivity contribution is -0.134. The van der Waals surface area contributed by atoms with Gasteiger partial charge in [-0.25, -0.2) is 9.48 Å². The number of thiophene rings is 1. The highest BCUT2D eigenvalue weighted by atomic mass is 32.1. The van der Waals surface area contributed by atoms with Crippen LogP contribution in [0.1, 0.15) is 23.2 Å². The van der Waals surface area contributed by atoms with Gasteiger partial charge in [-0.15, -0.1) is 11.3 Å². The highest BCUT2D eigenvalue weighted by molar-refractivity contribution is 7.13. The van der Waals surface area contributed by atoms with Crippen molar-refractivity contribution in [3.05, 3.63) is 59.6 Å². The van der Waals surface area contributed by atoms with Crippen molar-refractivity contribution in [3.8, 4) is 28.4 Å². The van der Waals surface area contributed by atoms with Crippen LogP contribution in [0.4, 0.5) is 0 Å². The third-order valence-corrected chi connectivity index (χ3v) is 5.25. The summed E-state index contributed by atoms with van der Waals surface area (Å²) in [6.07, 6.45) is 1.86. The van der Waals surface area contributed by atoms with Gasteiger partial charge in [0.15, 0.2) is 6.61 Å². The Hall–Kier alpha value is -3.95. The molecule has 0 bridgehead atoms. The zero-order valence-electron chi connectivity index (χ0n) is 16.6. The molecule has 3 rings (SSSR count). The molecule has 3 aromatic rings. The number of benzene rings is 1. The fourth-order valence-corrected chi connectivity index (χ4v) is 3.58. The second-order valence-electron chi connectivity index (χ2n) is 6.42. The van der Waals surface area contributed by atoms with E-state index in [0.717, 1.165) is 10.6 Å². The molecule has 0 aliphatic heterocycles. The summed E-state index contributed by atoms with van der Waals surface area (Å²) in [5.74, 6) is -1.12. The molecule has 0 fully saturated rings. The molecule has 0 radical (unpaired) electrons. The van der Waals surface area contributed by atoms with Crippen LogP contribution in [0.15, 0.2) is 54.0 Å². The minimum atomic E-state index is -0.667. The van der Waals surface area contributed by atoms with Gasteiger partial charge in [0.2, 0.25) is 0 Å². The average Bonchev–Trinajstić information content (AvgIpc) is 3.48. The summed E-state index contributed by atoms with van der Waals surface area (Å²) in [4.78, 5) is 27.4. The fraction of sp³-hybridized carbons (Fsp3) is 0.227. The van der Waals surface area contributed by atoms with Gasteiger partial charge in [-0.05, 0) is 23.6 Å². The van der Waals surface area contributed by atoms with Gasteiger partial charge in [0.1, 0.15) is 11.3 Å². The smallest absolute Gasteiger partial charge is 0.342 e. The third-order valence-electron chi connectivity index (χ3n) is 4.38. The van der Waals surface area contributed by atoms with Crippen LogP contribution in [0, 0.1) is 22.7 Å². The van der Waals surface area contributed by atoms with Crippen LogP contribution in [0.5, 0.6) is 0 Å². The maximum absolute atomic E-state index is 12.8. The summed E-state index contributed by atoms with van der Waals surface area (Å²) in [5.41, 5.74) is 1.51. The van der Waals surface area contributed by atoms with Crippen molar-refractivity contribution in [2.24, 2.45) is 0 Å². The Balaban J connectivity index is 1.77. The number of nitrogens with zero attached hydrogens (tertiary/aromatic N) is 5. The van der Waals surface area contributed by atoms with E-state index in [1.54, 1.807) is 10.9 Å². The highest BCUT2D eigenvalue weighted by Crippen LogP contribution is 2.28. The van der Waals surface area contributed by atoms with Crippen LogP contribution < -0.4 is 0 Å². The standard InChI is InChI=1S/C22H19N5O3S/c23-10-5-12-26(13-6-11-24)20(28)16-30-22(29)18-15-27(17-7-2-1-3-8-17)25-21(18)19-9-4-14-31-19/h1-4,7-9,14-15H,5-6,12-13,16H2. The highest BCUT2D eigenvalue weighted by Gasteiger charge is 2.22. The maximum Gasteiger partial charge on any atom is 0.342 e. The predicted molar refractivity (Wildman–Crippen MR) is 114 cm³/mol. The number of nitriles is 2. The van der Waals surface area contributed by atoms with Gasteiger partial charge in [0, 0.05) is 19.3 Å². The lowest BCUT2D eigenvalue weighted by Crippen LogP contribution is -2.36. The van der Waals surface area contributed by atoms with Crippen LogP contribution >= 0.6 is 11.3 Å². The summed E-state index contributed by atoms with van der Waals surface area (Å²) >= 11 is 1.44. The Kier molecular flexibility index (Phi) is 7.52. The minimum Gasteiger partial charge on any atom is -0.452 e. The molecule has 0 saturated heterocycles. The molecule has 0 spiro atoms. The summed E-state index contributed by atoms with van der Waals surface area (Å²) in [6, 6.07) is 17.0. The number of carbonyl (C=O) groups excluding carboxylic acids is 2. The molecule has 0 aliphatic carbocycles. The van der Waals surface area contributed by atoms with Crippen molar-refractivity contribution in [3.63, 3.8) is 0 Å². The van der Waals surface area contributed by atoms with Crippen molar-refractivity contribution in [1.29, 1.82) is 10.5 Å². The van der Waals surface area contributed by atoms with E-state index in [9.17, 15) is 9.59 Å². The van der Waals surface area contributed by atoms with E-state index in [0.29, 0.717) is 5.69 Å². The zero-order chi connectivity index (χ0) is 22.1. The number of para-hydroxylation sites is 1. The Morgan fingerprint density at radius 2 is 1.77 bits per heavy atom. The summed E-state index contributed by atoms with van der Waals surface area (Å²) in [5, 5.41) is 24.0. The summed E-state index contributed by atoms with van der Waals surface area (Å²) in [6.45, 7) is -0.113. The van der Waals surface area contributed by atoms with E-state index < -0.39 is 18.5 Å². The fourth-order valence-electron chi connectivity index (χ4n) is 2.86. The Morgan fingerprint density at radius 1 is 1.06 bits per heavy atom. The van der Waals surface area contributed by atoms with Gasteiger partial charge in [-0.3, -0.25) is 4.79 Å². The number of carbonyl (C=O) groups is 2. The lowest BCUT2D eigenvalue weighted by Gasteiger charge is -2.20. The number of hydrogen-bond donors (Lipinski definition) is 0. The molecular formula is C22H19N5O3S. The van der Waals surface area contributed by atoms with Crippen LogP contribution in [-0.4, -0.2) is 46.3 Å². The number of rotatable bonds is 9. The van der Waals surface area contributed by atoms with E-state index in [-0.39, 0.29) is 31.5 Å². The largest absolute Gasteiger partial charge is 0.452 e. The first-order valence-corrected chi connectivity index (χ1v) is 10.4. The Morgan fingerprint density at radius 3 is 2.39 bits per heavy atom. The molecule has 0 aliphatic rings. The number of ether oxygens (including phenoxy) is 1. The van der Waals surface area contributed by atoms with Gasteiger partial charge in [0.25, 0.3) is 5.91 Å². The molecule has 1 amide bonds. The quantitative estimate of drug-likeness (QED) is 0.478. The summed E-state index contributed by atoms with van der Waals surface area (Å²) < 4.78 is 6.87. The van der Waals surface area contributed by atoms with Crippen molar-refractivity contribution in [2.45, 2.75) is 12.8 Å². The molecule has 1 aromatic carbocycles. The SMILES string of the molecule is N#CCCN(CCC#N)C(=O)COC(=O)c1cn(-c2ccccc2)nc1-c1cccs1. The van der Waals surface area contributed by atoms with E-state index in [4.69, 9.17) is 15.3 Å². The number of hydrogen-bond acceptors (Lipinski definition) is 7. The second kappa shape index (κ2) is 10.7. The molecule has 2 aromatic heterocycles. The zero-order valence-corrected chi connectivity index (χ0v) is 17.4. The minimum absolute atomic E-state index is 0.136. The first-order chi connectivity index (χ1) is 15.1. The van der Waals surface area contributed by atoms with E-state index in [2.05, 4.69) is 5.10 Å². The number of amides is 1. The molecule has 31 heavy (non-hydrogen) atoms. The van der Waals surface area contributed by atoms with E-state index in [1.807, 2.05) is 60.0 Å². The van der Waals surface area contributed by atoms with Crippen LogP contribution in [0.2, 0.25) is 0 Å². The topological polar surface area (TPSA) is 112 Å². The first-order valence-electron chi connectivity index (χ1n) is 9.51. The molecular weight excluding hydrogens is 414 g/mol. The van der Waals surface area contributed by atoms with Gasteiger partial charge < -0.3 is 9.64 Å². The van der Waals surface area contributed by atoms with Gasteiger partial charge >= 0.3 is 5.97 Å². The summed E-state index contributed by atoms with van der Waals surface area (Å²) in [7, 11) is 0. The number of aromatic nitrogens is 2. The average molecular weight is 433 g/mol. The Labute approximate surface area is 183 Å². The first kappa shape index (κ1) is 21.8. The van der Waals surface area contributed by atoms with Gasteiger partial charge in [-0.2, -0.15) is 15.6 Å². The molecule has 0 atom stereocenters. The molecule has 9 heteroatoms. The van der Waals surface area contributed by atoms with Crippen molar-refractivity contribution in [2.75, 3.05) is 19.7 Å². The predicted octanol–water partition coefficient (Wildman–Crippen LogP) is 3.41. The van der Waals surface area contributed by atoms with Crippen LogP contribution in [-0.2, 0) is 9.53 Å². The molecule has 156 valence electrons. The third kappa shape index (κ3) is 5.56. The number of esters is 1. The molecule has 8 nitrogen and oxygen atoms in total. The van der Waals surface area contributed by atoms with Crippen molar-refractivity contribution in [1.82, 2.24) is 14.7 Å². The van der Waals surface area contributed by atoms with Gasteiger partial charge in [-0.1, -0.05) is 24.3 Å². The molecule has 2 heterocycles. The van der Waals surface area contributed by atoms with Crippen LogP contribution in [0.3, 0.4) is 0 Å². The van der Waals surface area contributed by atoms with Crippen molar-refractivity contribution >= 4 is 23.2 Å². The van der Waals surface area contributed by atoms with E-state index >= 15 is 0 Å². The maximum atomic E-state index is 12.8. The molecule has 0 unspecified atom stereocenters. The molecule has 0 saturated carbocycles. The normalized spacial score (nSPS) is 10.1. The van der Waals surface area contributed by atoms with E-state index in [1.165, 1.54) is 16.2 Å². The van der Waals surface area contributed by atoms with Crippen LogP contribution in [0.25, 0.3) is 16.3 Å². The second-order valence-corrected chi connectivity index (χ2v) is 7.37.